The molecule has 2 nitrogen and oxygen atoms in total. The highest BCUT2D eigenvalue weighted by Gasteiger charge is 1.95. The molecular weight excluding hydrogens is 234 g/mol. The SMILES string of the molecule is CC.COc1ccc(NCc2ccc(C)cc2)cc1. The van der Waals surface area contributed by atoms with Gasteiger partial charge in [-0.1, -0.05) is 43.7 Å². The quantitative estimate of drug-likeness (QED) is 0.861. The molecule has 19 heavy (non-hydrogen) atoms. The molecule has 0 heterocycles. The lowest BCUT2D eigenvalue weighted by Crippen LogP contribution is -1.99. The van der Waals surface area contributed by atoms with E-state index in [2.05, 4.69) is 36.5 Å². The highest BCUT2D eigenvalue weighted by atomic mass is 16.5. The van der Waals surface area contributed by atoms with Crippen LogP contribution in [0, 0.1) is 6.92 Å². The molecule has 2 rings (SSSR count). The molecule has 2 heteroatoms. The third kappa shape index (κ3) is 5.04. The van der Waals surface area contributed by atoms with Crippen molar-refractivity contribution >= 4 is 5.69 Å². The maximum Gasteiger partial charge on any atom is 0.119 e. The molecule has 0 aromatic heterocycles. The van der Waals surface area contributed by atoms with Gasteiger partial charge in [0, 0.05) is 12.2 Å². The molecule has 1 N–H and O–H groups in total. The zero-order valence-electron chi connectivity index (χ0n) is 12.2. The van der Waals surface area contributed by atoms with Gasteiger partial charge in [-0.25, -0.2) is 0 Å². The number of aryl methyl sites for hydroxylation is 1. The fourth-order valence-corrected chi connectivity index (χ4v) is 1.62. The molecule has 0 fully saturated rings. The van der Waals surface area contributed by atoms with Gasteiger partial charge in [-0.15, -0.1) is 0 Å². The van der Waals surface area contributed by atoms with Crippen LogP contribution < -0.4 is 10.1 Å². The van der Waals surface area contributed by atoms with Crippen LogP contribution in [-0.2, 0) is 6.54 Å². The summed E-state index contributed by atoms with van der Waals surface area (Å²) in [5, 5.41) is 3.38. The fourth-order valence-electron chi connectivity index (χ4n) is 1.62. The Kier molecular flexibility index (Phi) is 6.51. The van der Waals surface area contributed by atoms with Crippen LogP contribution in [0.4, 0.5) is 5.69 Å². The molecule has 0 bridgehead atoms. The van der Waals surface area contributed by atoms with Crippen LogP contribution in [-0.4, -0.2) is 7.11 Å². The molecule has 2 aromatic carbocycles. The van der Waals surface area contributed by atoms with E-state index in [9.17, 15) is 0 Å². The molecular formula is C17H23NO. The molecule has 0 saturated heterocycles. The van der Waals surface area contributed by atoms with Gasteiger partial charge in [0.2, 0.25) is 0 Å². The van der Waals surface area contributed by atoms with Gasteiger partial charge in [-0.3, -0.25) is 0 Å². The van der Waals surface area contributed by atoms with Crippen molar-refractivity contribution in [2.45, 2.75) is 27.3 Å². The predicted octanol–water partition coefficient (Wildman–Crippen LogP) is 4.64. The second-order valence-corrected chi connectivity index (χ2v) is 4.07. The van der Waals surface area contributed by atoms with Crippen LogP contribution in [0.5, 0.6) is 5.75 Å². The van der Waals surface area contributed by atoms with E-state index in [1.54, 1.807) is 7.11 Å². The molecule has 0 radical (unpaired) electrons. The second kappa shape index (κ2) is 8.20. The van der Waals surface area contributed by atoms with Gasteiger partial charge in [0.25, 0.3) is 0 Å². The number of benzene rings is 2. The third-order valence-corrected chi connectivity index (χ3v) is 2.71. The predicted molar refractivity (Wildman–Crippen MR) is 82.8 cm³/mol. The van der Waals surface area contributed by atoms with Crippen LogP contribution in [0.15, 0.2) is 48.5 Å². The van der Waals surface area contributed by atoms with Gasteiger partial charge in [0.05, 0.1) is 7.11 Å². The zero-order chi connectivity index (χ0) is 14.1. The van der Waals surface area contributed by atoms with E-state index in [0.717, 1.165) is 18.0 Å². The van der Waals surface area contributed by atoms with Crippen molar-refractivity contribution in [1.82, 2.24) is 0 Å². The summed E-state index contributed by atoms with van der Waals surface area (Å²) in [7, 11) is 1.68. The molecule has 102 valence electrons. The van der Waals surface area contributed by atoms with Gasteiger partial charge in [0.15, 0.2) is 0 Å². The number of hydrogen-bond acceptors (Lipinski definition) is 2. The Hall–Kier alpha value is -1.96. The Balaban J connectivity index is 0.000000861. The van der Waals surface area contributed by atoms with Gasteiger partial charge in [-0.2, -0.15) is 0 Å². The molecule has 0 saturated carbocycles. The van der Waals surface area contributed by atoms with Crippen LogP contribution >= 0.6 is 0 Å². The first kappa shape index (κ1) is 15.1. The summed E-state index contributed by atoms with van der Waals surface area (Å²) < 4.78 is 5.12. The molecule has 0 aliphatic heterocycles. The number of ether oxygens (including phenoxy) is 1. The molecule has 0 amide bonds. The van der Waals surface area contributed by atoms with E-state index >= 15 is 0 Å². The Morgan fingerprint density at radius 3 is 2.00 bits per heavy atom. The topological polar surface area (TPSA) is 21.3 Å². The number of rotatable bonds is 4. The Labute approximate surface area is 116 Å². The molecule has 0 atom stereocenters. The Morgan fingerprint density at radius 2 is 1.47 bits per heavy atom. The second-order valence-electron chi connectivity index (χ2n) is 4.07. The normalized spacial score (nSPS) is 9.26. The average molecular weight is 257 g/mol. The Morgan fingerprint density at radius 1 is 0.895 bits per heavy atom. The van der Waals surface area contributed by atoms with Gasteiger partial charge >= 0.3 is 0 Å². The summed E-state index contributed by atoms with van der Waals surface area (Å²) in [4.78, 5) is 0. The molecule has 0 spiro atoms. The Bertz CT molecular complexity index is 460. The maximum absolute atomic E-state index is 5.12. The van der Waals surface area contributed by atoms with Crippen LogP contribution in [0.2, 0.25) is 0 Å². The monoisotopic (exact) mass is 257 g/mol. The zero-order valence-corrected chi connectivity index (χ0v) is 12.2. The molecule has 2 aromatic rings. The van der Waals surface area contributed by atoms with E-state index in [0.29, 0.717) is 0 Å². The summed E-state index contributed by atoms with van der Waals surface area (Å²) in [5.41, 5.74) is 3.68. The lowest BCUT2D eigenvalue weighted by Gasteiger charge is -2.07. The van der Waals surface area contributed by atoms with E-state index in [1.165, 1.54) is 11.1 Å². The van der Waals surface area contributed by atoms with Crippen molar-refractivity contribution in [3.63, 3.8) is 0 Å². The van der Waals surface area contributed by atoms with E-state index in [-0.39, 0.29) is 0 Å². The first-order valence-corrected chi connectivity index (χ1v) is 6.71. The van der Waals surface area contributed by atoms with E-state index in [1.807, 2.05) is 38.1 Å². The summed E-state index contributed by atoms with van der Waals surface area (Å²) >= 11 is 0. The van der Waals surface area contributed by atoms with Crippen molar-refractivity contribution in [3.05, 3.63) is 59.7 Å². The summed E-state index contributed by atoms with van der Waals surface area (Å²) in [5.74, 6) is 0.880. The van der Waals surface area contributed by atoms with Crippen molar-refractivity contribution in [2.24, 2.45) is 0 Å². The van der Waals surface area contributed by atoms with E-state index in [4.69, 9.17) is 4.74 Å². The maximum atomic E-state index is 5.12. The lowest BCUT2D eigenvalue weighted by atomic mass is 10.1. The van der Waals surface area contributed by atoms with Gasteiger partial charge < -0.3 is 10.1 Å². The van der Waals surface area contributed by atoms with Crippen LogP contribution in [0.25, 0.3) is 0 Å². The van der Waals surface area contributed by atoms with Crippen molar-refractivity contribution in [3.8, 4) is 5.75 Å². The minimum Gasteiger partial charge on any atom is -0.497 e. The average Bonchev–Trinajstić information content (AvgIpc) is 2.49. The van der Waals surface area contributed by atoms with Gasteiger partial charge in [0.1, 0.15) is 5.75 Å². The van der Waals surface area contributed by atoms with E-state index < -0.39 is 0 Å². The summed E-state index contributed by atoms with van der Waals surface area (Å²) in [6.07, 6.45) is 0. The highest BCUT2D eigenvalue weighted by molar-refractivity contribution is 5.46. The highest BCUT2D eigenvalue weighted by Crippen LogP contribution is 2.15. The first-order chi connectivity index (χ1) is 9.28. The number of nitrogens with one attached hydrogen (secondary N) is 1. The van der Waals surface area contributed by atoms with Crippen molar-refractivity contribution < 1.29 is 4.74 Å². The van der Waals surface area contributed by atoms with Crippen molar-refractivity contribution in [1.29, 1.82) is 0 Å². The first-order valence-electron chi connectivity index (χ1n) is 6.71. The van der Waals surface area contributed by atoms with Crippen LogP contribution in [0.1, 0.15) is 25.0 Å². The minimum absolute atomic E-state index is 0.840. The fraction of sp³-hybridized carbons (Fsp3) is 0.294. The van der Waals surface area contributed by atoms with Crippen LogP contribution in [0.3, 0.4) is 0 Å². The van der Waals surface area contributed by atoms with Gasteiger partial charge in [-0.05, 0) is 36.8 Å². The third-order valence-electron chi connectivity index (χ3n) is 2.71. The molecule has 0 aliphatic rings. The number of methoxy groups -OCH3 is 1. The minimum atomic E-state index is 0.840. The smallest absolute Gasteiger partial charge is 0.119 e. The molecule has 0 aliphatic carbocycles. The largest absolute Gasteiger partial charge is 0.497 e. The number of anilines is 1. The lowest BCUT2D eigenvalue weighted by molar-refractivity contribution is 0.415. The standard InChI is InChI=1S/C15H17NO.C2H6/c1-12-3-5-13(6-4-12)11-16-14-7-9-15(17-2)10-8-14;1-2/h3-10,16H,11H2,1-2H3;1-2H3. The summed E-state index contributed by atoms with van der Waals surface area (Å²) in [6.45, 7) is 6.94. The number of hydrogen-bond donors (Lipinski definition) is 1. The van der Waals surface area contributed by atoms with Crippen molar-refractivity contribution in [2.75, 3.05) is 12.4 Å². The summed E-state index contributed by atoms with van der Waals surface area (Å²) in [6, 6.07) is 16.5. The molecule has 0 unspecified atom stereocenters.